The van der Waals surface area contributed by atoms with Crippen LogP contribution in [-0.2, 0) is 4.74 Å². The molecule has 21 heavy (non-hydrogen) atoms. The molecule has 1 saturated heterocycles. The molecule has 0 bridgehead atoms. The molecular formula is C19H24O2. The van der Waals surface area contributed by atoms with Gasteiger partial charge in [0.15, 0.2) is 0 Å². The number of benzene rings is 2. The lowest BCUT2D eigenvalue weighted by Crippen LogP contribution is -2.32. The number of hydrogen-bond acceptors (Lipinski definition) is 2. The maximum absolute atomic E-state index is 10.9. The third kappa shape index (κ3) is 2.70. The first-order valence-corrected chi connectivity index (χ1v) is 7.65. The number of rotatable bonds is 2. The van der Waals surface area contributed by atoms with E-state index < -0.39 is 6.10 Å². The zero-order chi connectivity index (χ0) is 15.3. The topological polar surface area (TPSA) is 29.5 Å². The average molecular weight is 284 g/mol. The lowest BCUT2D eigenvalue weighted by molar-refractivity contribution is -0.0880. The van der Waals surface area contributed by atoms with Gasteiger partial charge in [-0.2, -0.15) is 0 Å². The van der Waals surface area contributed by atoms with Gasteiger partial charge in [-0.1, -0.05) is 36.4 Å². The van der Waals surface area contributed by atoms with Gasteiger partial charge in [0, 0.05) is 5.92 Å². The summed E-state index contributed by atoms with van der Waals surface area (Å²) >= 11 is 0. The Labute approximate surface area is 126 Å². The fourth-order valence-electron chi connectivity index (χ4n) is 3.72. The Morgan fingerprint density at radius 1 is 1.05 bits per heavy atom. The average Bonchev–Trinajstić information content (AvgIpc) is 2.65. The number of aliphatic hydroxyl groups is 1. The van der Waals surface area contributed by atoms with Crippen LogP contribution in [-0.4, -0.2) is 16.3 Å². The summed E-state index contributed by atoms with van der Waals surface area (Å²) < 4.78 is 6.12. The lowest BCUT2D eigenvalue weighted by Gasteiger charge is -2.30. The first kappa shape index (κ1) is 14.6. The van der Waals surface area contributed by atoms with E-state index in [-0.39, 0.29) is 17.1 Å². The van der Waals surface area contributed by atoms with E-state index in [0.29, 0.717) is 0 Å². The van der Waals surface area contributed by atoms with Gasteiger partial charge in [-0.25, -0.2) is 0 Å². The van der Waals surface area contributed by atoms with E-state index in [9.17, 15) is 5.11 Å². The highest BCUT2D eigenvalue weighted by atomic mass is 16.5. The normalized spacial score (nSPS) is 25.1. The Hall–Kier alpha value is -1.38. The van der Waals surface area contributed by atoms with Crippen LogP contribution in [0.1, 0.15) is 45.8 Å². The van der Waals surface area contributed by atoms with Gasteiger partial charge in [0.05, 0.1) is 17.3 Å². The minimum absolute atomic E-state index is 0.105. The van der Waals surface area contributed by atoms with E-state index in [4.69, 9.17) is 4.74 Å². The van der Waals surface area contributed by atoms with E-state index in [2.05, 4.69) is 52.0 Å². The minimum Gasteiger partial charge on any atom is -0.388 e. The molecule has 1 aliphatic rings. The maximum atomic E-state index is 10.9. The van der Waals surface area contributed by atoms with Crippen molar-refractivity contribution in [3.8, 4) is 0 Å². The molecule has 2 nitrogen and oxygen atoms in total. The summed E-state index contributed by atoms with van der Waals surface area (Å²) in [6.07, 6.45) is 0.375. The van der Waals surface area contributed by atoms with Gasteiger partial charge < -0.3 is 9.84 Å². The van der Waals surface area contributed by atoms with E-state index in [1.54, 1.807) is 0 Å². The van der Waals surface area contributed by atoms with Crippen LogP contribution in [0.4, 0.5) is 0 Å². The van der Waals surface area contributed by atoms with Crippen molar-refractivity contribution < 1.29 is 9.84 Å². The summed E-state index contributed by atoms with van der Waals surface area (Å²) in [6, 6.07) is 14.5. The Bertz CT molecular complexity index is 657. The predicted molar refractivity (Wildman–Crippen MR) is 86.3 cm³/mol. The van der Waals surface area contributed by atoms with Crippen LogP contribution in [0.15, 0.2) is 42.5 Å². The molecular weight excluding hydrogens is 260 g/mol. The Morgan fingerprint density at radius 2 is 1.71 bits per heavy atom. The molecule has 2 atom stereocenters. The molecule has 0 amide bonds. The summed E-state index contributed by atoms with van der Waals surface area (Å²) in [5.74, 6) is 0.105. The summed E-state index contributed by atoms with van der Waals surface area (Å²) in [4.78, 5) is 0. The third-order valence-corrected chi connectivity index (χ3v) is 4.64. The molecule has 3 rings (SSSR count). The lowest BCUT2D eigenvalue weighted by atomic mass is 9.80. The van der Waals surface area contributed by atoms with Crippen LogP contribution in [0.3, 0.4) is 0 Å². The number of fused-ring (bicyclic) bond motifs is 1. The molecule has 2 aromatic carbocycles. The van der Waals surface area contributed by atoms with Crippen LogP contribution < -0.4 is 0 Å². The van der Waals surface area contributed by atoms with E-state index in [1.807, 2.05) is 18.2 Å². The van der Waals surface area contributed by atoms with Crippen LogP contribution in [0.5, 0.6) is 0 Å². The Kier molecular flexibility index (Phi) is 3.34. The smallest absolute Gasteiger partial charge is 0.0846 e. The SMILES string of the molecule is CC1(C)CC(C(O)c2ccc3ccccc3c2)C(C)(C)O1. The fraction of sp³-hybridized carbons (Fsp3) is 0.474. The van der Waals surface area contributed by atoms with Gasteiger partial charge in [0.1, 0.15) is 0 Å². The van der Waals surface area contributed by atoms with Gasteiger partial charge >= 0.3 is 0 Å². The van der Waals surface area contributed by atoms with E-state index in [1.165, 1.54) is 10.8 Å². The second-order valence-corrected chi connectivity index (χ2v) is 7.33. The van der Waals surface area contributed by atoms with Gasteiger partial charge in [0.2, 0.25) is 0 Å². The molecule has 2 unspecified atom stereocenters. The highest BCUT2D eigenvalue weighted by molar-refractivity contribution is 5.83. The zero-order valence-electron chi connectivity index (χ0n) is 13.3. The molecule has 0 aromatic heterocycles. The standard InChI is InChI=1S/C19H24O2/c1-18(2)12-16(19(3,4)21-18)17(20)15-10-9-13-7-5-6-8-14(13)11-15/h5-11,16-17,20H,12H2,1-4H3. The largest absolute Gasteiger partial charge is 0.388 e. The van der Waals surface area contributed by atoms with Crippen molar-refractivity contribution in [1.29, 1.82) is 0 Å². The van der Waals surface area contributed by atoms with Gasteiger partial charge in [-0.05, 0) is 56.5 Å². The maximum Gasteiger partial charge on any atom is 0.0846 e. The van der Waals surface area contributed by atoms with Crippen molar-refractivity contribution in [3.05, 3.63) is 48.0 Å². The molecule has 1 heterocycles. The third-order valence-electron chi connectivity index (χ3n) is 4.64. The molecule has 0 radical (unpaired) electrons. The van der Waals surface area contributed by atoms with Crippen molar-refractivity contribution in [2.75, 3.05) is 0 Å². The van der Waals surface area contributed by atoms with Crippen molar-refractivity contribution >= 4 is 10.8 Å². The van der Waals surface area contributed by atoms with Crippen molar-refractivity contribution in [2.24, 2.45) is 5.92 Å². The molecule has 2 aromatic rings. The molecule has 1 fully saturated rings. The predicted octanol–water partition coefficient (Wildman–Crippen LogP) is 4.47. The van der Waals surface area contributed by atoms with Crippen LogP contribution in [0, 0.1) is 5.92 Å². The zero-order valence-corrected chi connectivity index (χ0v) is 13.3. The van der Waals surface area contributed by atoms with Crippen LogP contribution in [0.25, 0.3) is 10.8 Å². The molecule has 0 aliphatic carbocycles. The van der Waals surface area contributed by atoms with E-state index >= 15 is 0 Å². The van der Waals surface area contributed by atoms with Crippen LogP contribution >= 0.6 is 0 Å². The molecule has 112 valence electrons. The van der Waals surface area contributed by atoms with Crippen molar-refractivity contribution in [3.63, 3.8) is 0 Å². The Morgan fingerprint density at radius 3 is 2.33 bits per heavy atom. The number of hydrogen-bond donors (Lipinski definition) is 1. The minimum atomic E-state index is -0.494. The molecule has 1 N–H and O–H groups in total. The van der Waals surface area contributed by atoms with Crippen molar-refractivity contribution in [2.45, 2.75) is 51.4 Å². The first-order valence-electron chi connectivity index (χ1n) is 7.65. The van der Waals surface area contributed by atoms with Gasteiger partial charge in [-0.15, -0.1) is 0 Å². The molecule has 1 aliphatic heterocycles. The fourth-order valence-corrected chi connectivity index (χ4v) is 3.72. The monoisotopic (exact) mass is 284 g/mol. The molecule has 0 saturated carbocycles. The van der Waals surface area contributed by atoms with Gasteiger partial charge in [-0.3, -0.25) is 0 Å². The summed E-state index contributed by atoms with van der Waals surface area (Å²) in [5.41, 5.74) is 0.494. The van der Waals surface area contributed by atoms with Crippen LogP contribution in [0.2, 0.25) is 0 Å². The summed E-state index contributed by atoms with van der Waals surface area (Å²) in [6.45, 7) is 8.36. The second kappa shape index (κ2) is 4.82. The summed E-state index contributed by atoms with van der Waals surface area (Å²) in [5, 5.41) is 13.2. The second-order valence-electron chi connectivity index (χ2n) is 7.33. The number of ether oxygens (including phenoxy) is 1. The molecule has 0 spiro atoms. The quantitative estimate of drug-likeness (QED) is 0.882. The molecule has 2 heteroatoms. The highest BCUT2D eigenvalue weighted by Gasteiger charge is 2.49. The summed E-state index contributed by atoms with van der Waals surface area (Å²) in [7, 11) is 0. The van der Waals surface area contributed by atoms with Crippen molar-refractivity contribution in [1.82, 2.24) is 0 Å². The highest BCUT2D eigenvalue weighted by Crippen LogP contribution is 2.47. The van der Waals surface area contributed by atoms with E-state index in [0.717, 1.165) is 12.0 Å². The number of aliphatic hydroxyl groups excluding tert-OH is 1. The van der Waals surface area contributed by atoms with Gasteiger partial charge in [0.25, 0.3) is 0 Å². The first-order chi connectivity index (χ1) is 9.78. The Balaban J connectivity index is 1.95.